The zero-order chi connectivity index (χ0) is 21.0. The number of furan rings is 1. The van der Waals surface area contributed by atoms with Crippen molar-refractivity contribution in [3.63, 3.8) is 0 Å². The first-order valence-corrected chi connectivity index (χ1v) is 11.0. The van der Waals surface area contributed by atoms with Crippen LogP contribution in [0.2, 0.25) is 0 Å². The van der Waals surface area contributed by atoms with E-state index in [0.717, 1.165) is 23.3 Å². The molecule has 1 N–H and O–H groups in total. The third kappa shape index (κ3) is 4.36. The van der Waals surface area contributed by atoms with Crippen molar-refractivity contribution in [1.29, 1.82) is 0 Å². The lowest BCUT2D eigenvalue weighted by molar-refractivity contribution is 0.480. The molecule has 0 aliphatic carbocycles. The van der Waals surface area contributed by atoms with Crippen LogP contribution < -0.4 is 5.32 Å². The molecule has 30 heavy (non-hydrogen) atoms. The fraction of sp³-hybridized carbons (Fsp3) is 0.185. The van der Waals surface area contributed by atoms with E-state index in [0.29, 0.717) is 0 Å². The predicted molar refractivity (Wildman–Crippen MR) is 131 cm³/mol. The summed E-state index contributed by atoms with van der Waals surface area (Å²) in [6.45, 7) is 2.37. The Morgan fingerprint density at radius 3 is 2.43 bits per heavy atom. The number of allylic oxidation sites excluding steroid dienone is 1. The molecule has 2 nitrogen and oxygen atoms in total. The summed E-state index contributed by atoms with van der Waals surface area (Å²) < 4.78 is 6.41. The van der Waals surface area contributed by atoms with Crippen molar-refractivity contribution >= 4 is 38.5 Å². The fourth-order valence-electron chi connectivity index (χ4n) is 4.29. The zero-order valence-corrected chi connectivity index (χ0v) is 18.9. The van der Waals surface area contributed by atoms with Crippen LogP contribution in [0.1, 0.15) is 30.2 Å². The molecule has 0 aliphatic rings. The molecule has 3 aromatic carbocycles. The highest BCUT2D eigenvalue weighted by molar-refractivity contribution is 9.10. The minimum absolute atomic E-state index is 0.0963. The van der Waals surface area contributed by atoms with Crippen molar-refractivity contribution < 1.29 is 4.42 Å². The maximum absolute atomic E-state index is 5.65. The largest absolute Gasteiger partial charge is 0.450 e. The molecule has 1 atom stereocenters. The van der Waals surface area contributed by atoms with Crippen molar-refractivity contribution in [3.05, 3.63) is 106 Å². The van der Waals surface area contributed by atoms with Crippen LogP contribution in [0.4, 0.5) is 5.69 Å². The fourth-order valence-corrected chi connectivity index (χ4v) is 4.61. The maximum Gasteiger partial charge on any atom is 0.169 e. The number of hydrogen-bond donors (Lipinski definition) is 1. The highest BCUT2D eigenvalue weighted by Gasteiger charge is 2.30. The minimum Gasteiger partial charge on any atom is -0.450 e. The van der Waals surface area contributed by atoms with E-state index in [-0.39, 0.29) is 5.41 Å². The topological polar surface area (TPSA) is 25.2 Å². The molecule has 3 heteroatoms. The molecule has 0 saturated heterocycles. The zero-order valence-electron chi connectivity index (χ0n) is 17.4. The predicted octanol–water partition coefficient (Wildman–Crippen LogP) is 7.84. The van der Waals surface area contributed by atoms with E-state index in [1.54, 1.807) is 0 Å². The first kappa shape index (κ1) is 20.5. The molecule has 1 unspecified atom stereocenters. The average Bonchev–Trinajstić information content (AvgIpc) is 3.18. The molecule has 152 valence electrons. The second-order valence-corrected chi connectivity index (χ2v) is 8.71. The van der Waals surface area contributed by atoms with Crippen molar-refractivity contribution in [2.75, 3.05) is 12.4 Å². The quantitative estimate of drug-likeness (QED) is 0.304. The van der Waals surface area contributed by atoms with E-state index < -0.39 is 0 Å². The first-order chi connectivity index (χ1) is 14.6. The van der Waals surface area contributed by atoms with Gasteiger partial charge in [0.25, 0.3) is 0 Å². The summed E-state index contributed by atoms with van der Waals surface area (Å²) in [4.78, 5) is 0. The molecule has 0 spiro atoms. The highest BCUT2D eigenvalue weighted by Crippen LogP contribution is 2.41. The lowest BCUT2D eigenvalue weighted by Gasteiger charge is -2.33. The second-order valence-electron chi connectivity index (χ2n) is 7.93. The summed E-state index contributed by atoms with van der Waals surface area (Å²) in [6, 6.07) is 27.7. The number of halogens is 1. The molecule has 0 aliphatic heterocycles. The average molecular weight is 460 g/mol. The van der Waals surface area contributed by atoms with Gasteiger partial charge in [-0.3, -0.25) is 0 Å². The summed E-state index contributed by atoms with van der Waals surface area (Å²) in [6.07, 6.45) is 6.14. The van der Waals surface area contributed by atoms with Gasteiger partial charge in [0, 0.05) is 18.2 Å². The molecule has 0 saturated carbocycles. The Hall–Kier alpha value is -2.78. The van der Waals surface area contributed by atoms with Crippen LogP contribution in [-0.2, 0) is 11.8 Å². The number of rotatable bonds is 7. The molecule has 0 bridgehead atoms. The molecule has 1 aromatic heterocycles. The van der Waals surface area contributed by atoms with Gasteiger partial charge in [0.15, 0.2) is 4.67 Å². The normalized spacial score (nSPS) is 13.6. The van der Waals surface area contributed by atoms with E-state index in [2.05, 4.69) is 107 Å². The van der Waals surface area contributed by atoms with Gasteiger partial charge in [-0.1, -0.05) is 73.7 Å². The lowest BCUT2D eigenvalue weighted by Crippen LogP contribution is -2.26. The molecule has 1 heterocycles. The van der Waals surface area contributed by atoms with Gasteiger partial charge in [-0.05, 0) is 74.9 Å². The Labute approximate surface area is 186 Å². The van der Waals surface area contributed by atoms with Gasteiger partial charge in [-0.15, -0.1) is 0 Å². The van der Waals surface area contributed by atoms with Crippen LogP contribution >= 0.6 is 15.9 Å². The van der Waals surface area contributed by atoms with Gasteiger partial charge < -0.3 is 9.73 Å². The monoisotopic (exact) mass is 459 g/mol. The third-order valence-electron chi connectivity index (χ3n) is 5.68. The first-order valence-electron chi connectivity index (χ1n) is 10.2. The van der Waals surface area contributed by atoms with Gasteiger partial charge in [0.1, 0.15) is 5.76 Å². The van der Waals surface area contributed by atoms with E-state index in [1.165, 1.54) is 27.6 Å². The molecule has 0 amide bonds. The molecular weight excluding hydrogens is 434 g/mol. The van der Waals surface area contributed by atoms with Gasteiger partial charge >= 0.3 is 0 Å². The van der Waals surface area contributed by atoms with Crippen molar-refractivity contribution in [3.8, 4) is 0 Å². The SMILES string of the molecule is CNc1ccc2ccccc2c1C(C)(C/C=C/c1ccc(Br)o1)Cc1ccccc1. The molecule has 4 aromatic rings. The van der Waals surface area contributed by atoms with Crippen LogP contribution in [-0.4, -0.2) is 7.05 Å². The third-order valence-corrected chi connectivity index (χ3v) is 6.11. The number of fused-ring (bicyclic) bond motifs is 1. The standard InChI is InChI=1S/C27H26BrNO/c1-27(19-20-9-4-3-5-10-20,18-8-12-22-15-17-25(28)30-22)26-23-13-7-6-11-21(23)14-16-24(26)29-2/h3-17,29H,18-19H2,1-2H3/b12-8+. The highest BCUT2D eigenvalue weighted by atomic mass is 79.9. The van der Waals surface area contributed by atoms with Crippen LogP contribution in [0.3, 0.4) is 0 Å². The van der Waals surface area contributed by atoms with Gasteiger partial charge in [-0.2, -0.15) is 0 Å². The smallest absolute Gasteiger partial charge is 0.169 e. The van der Waals surface area contributed by atoms with Crippen LogP contribution in [0.5, 0.6) is 0 Å². The Kier molecular flexibility index (Phi) is 6.10. The van der Waals surface area contributed by atoms with Crippen LogP contribution in [0.25, 0.3) is 16.8 Å². The number of benzene rings is 3. The Balaban J connectivity index is 1.81. The summed E-state index contributed by atoms with van der Waals surface area (Å²) >= 11 is 3.38. The lowest BCUT2D eigenvalue weighted by atomic mass is 9.72. The van der Waals surface area contributed by atoms with Crippen LogP contribution in [0, 0.1) is 0 Å². The second kappa shape index (κ2) is 8.93. The molecule has 0 fully saturated rings. The van der Waals surface area contributed by atoms with E-state index in [4.69, 9.17) is 4.42 Å². The summed E-state index contributed by atoms with van der Waals surface area (Å²) in [5.41, 5.74) is 3.78. The Morgan fingerprint density at radius 2 is 1.70 bits per heavy atom. The molecular formula is C27H26BrNO. The van der Waals surface area contributed by atoms with E-state index in [9.17, 15) is 0 Å². The van der Waals surface area contributed by atoms with E-state index >= 15 is 0 Å². The van der Waals surface area contributed by atoms with Crippen LogP contribution in [0.15, 0.2) is 94.0 Å². The van der Waals surface area contributed by atoms with Crippen molar-refractivity contribution in [2.45, 2.75) is 25.2 Å². The number of hydrogen-bond acceptors (Lipinski definition) is 2. The molecule has 0 radical (unpaired) electrons. The molecule has 4 rings (SSSR count). The minimum atomic E-state index is -0.0963. The number of nitrogens with one attached hydrogen (secondary N) is 1. The van der Waals surface area contributed by atoms with Gasteiger partial charge in [0.2, 0.25) is 0 Å². The summed E-state index contributed by atoms with van der Waals surface area (Å²) in [7, 11) is 2.01. The Morgan fingerprint density at radius 1 is 0.933 bits per heavy atom. The maximum atomic E-state index is 5.65. The van der Waals surface area contributed by atoms with Gasteiger partial charge in [0.05, 0.1) is 0 Å². The number of anilines is 1. The van der Waals surface area contributed by atoms with E-state index in [1.807, 2.05) is 19.2 Å². The summed E-state index contributed by atoms with van der Waals surface area (Å²) in [5.74, 6) is 0.857. The van der Waals surface area contributed by atoms with Gasteiger partial charge in [-0.25, -0.2) is 0 Å². The van der Waals surface area contributed by atoms with Crippen molar-refractivity contribution in [2.24, 2.45) is 0 Å². The van der Waals surface area contributed by atoms with Crippen molar-refractivity contribution in [1.82, 2.24) is 0 Å². The summed E-state index contributed by atoms with van der Waals surface area (Å²) in [5, 5.41) is 6.01. The Bertz CT molecular complexity index is 1160.